The van der Waals surface area contributed by atoms with Crippen LogP contribution < -0.4 is 4.74 Å². The maximum atomic E-state index is 5.97. The Hall–Kier alpha value is -1.56. The minimum absolute atomic E-state index is 0.0914. The molecule has 2 heterocycles. The topological polar surface area (TPSA) is 52.4 Å². The monoisotopic (exact) mass is 408 g/mol. The molecule has 0 saturated heterocycles. The largest absolute Gasteiger partial charge is 0.493 e. The van der Waals surface area contributed by atoms with Crippen LogP contribution in [0.2, 0.25) is 0 Å². The van der Waals surface area contributed by atoms with Gasteiger partial charge < -0.3 is 14.2 Å². The summed E-state index contributed by atoms with van der Waals surface area (Å²) in [5.74, 6) is 2.62. The summed E-state index contributed by atoms with van der Waals surface area (Å²) in [5, 5.41) is 0. The number of hydrogen-bond acceptors (Lipinski definition) is 5. The highest BCUT2D eigenvalue weighted by Crippen LogP contribution is 2.36. The number of benzene rings is 1. The minimum atomic E-state index is -0.189. The van der Waals surface area contributed by atoms with Crippen molar-refractivity contribution >= 4 is 27.7 Å². The number of methoxy groups -OCH3 is 2. The molecule has 0 unspecified atom stereocenters. The van der Waals surface area contributed by atoms with E-state index < -0.39 is 0 Å². The minimum Gasteiger partial charge on any atom is -0.493 e. The van der Waals surface area contributed by atoms with Crippen LogP contribution in [0, 0.1) is 5.92 Å². The summed E-state index contributed by atoms with van der Waals surface area (Å²) in [6.45, 7) is 4.97. The smallest absolute Gasteiger partial charge is 0.209 e. The van der Waals surface area contributed by atoms with Crippen LogP contribution in [0.15, 0.2) is 26.6 Å². The van der Waals surface area contributed by atoms with E-state index >= 15 is 0 Å². The number of aliphatic imine (C=N–C) groups is 2. The van der Waals surface area contributed by atoms with E-state index in [9.17, 15) is 0 Å². The molecule has 0 aliphatic carbocycles. The van der Waals surface area contributed by atoms with E-state index in [1.54, 1.807) is 14.2 Å². The van der Waals surface area contributed by atoms with Gasteiger partial charge in [0.05, 0.1) is 20.8 Å². The van der Waals surface area contributed by atoms with Gasteiger partial charge in [0.15, 0.2) is 0 Å². The average molecular weight is 409 g/mol. The van der Waals surface area contributed by atoms with E-state index in [1.807, 2.05) is 0 Å². The first-order valence-electron chi connectivity index (χ1n) is 8.71. The summed E-state index contributed by atoms with van der Waals surface area (Å²) in [6.07, 6.45) is 2.76. The molecule has 136 valence electrons. The first-order chi connectivity index (χ1) is 12.0. The molecule has 5 nitrogen and oxygen atoms in total. The molecule has 0 N–H and O–H groups in total. The Morgan fingerprint density at radius 3 is 2.64 bits per heavy atom. The second-order valence-electron chi connectivity index (χ2n) is 6.72. The van der Waals surface area contributed by atoms with Gasteiger partial charge >= 0.3 is 0 Å². The van der Waals surface area contributed by atoms with Gasteiger partial charge in [0.1, 0.15) is 17.8 Å². The lowest BCUT2D eigenvalue weighted by atomic mass is 9.96. The molecule has 1 aromatic carbocycles. The summed E-state index contributed by atoms with van der Waals surface area (Å²) in [7, 11) is 3.31. The fourth-order valence-corrected chi connectivity index (χ4v) is 3.86. The van der Waals surface area contributed by atoms with Gasteiger partial charge in [0.25, 0.3) is 0 Å². The molecule has 2 aliphatic rings. The van der Waals surface area contributed by atoms with Crippen molar-refractivity contribution in [1.29, 1.82) is 0 Å². The molecular formula is C19H25BrN2O3. The fraction of sp³-hybridized carbons (Fsp3) is 0.579. The Balaban J connectivity index is 1.92. The van der Waals surface area contributed by atoms with Crippen LogP contribution in [0.1, 0.15) is 31.4 Å². The quantitative estimate of drug-likeness (QED) is 0.763. The molecule has 25 heavy (non-hydrogen) atoms. The Bertz CT molecular complexity index is 700. The SMILES string of the molecule is COC1=N[C@H](C(C)C)C(OC)=N[C@H]1Cc1ccc(Br)c2c1OCCC2. The van der Waals surface area contributed by atoms with E-state index in [0.717, 1.165) is 35.2 Å². The Labute approximate surface area is 157 Å². The average Bonchev–Trinajstić information content (AvgIpc) is 2.63. The molecule has 0 spiro atoms. The number of hydrogen-bond donors (Lipinski definition) is 0. The number of fused-ring (bicyclic) bond motifs is 1. The maximum Gasteiger partial charge on any atom is 0.209 e. The number of rotatable bonds is 3. The van der Waals surface area contributed by atoms with E-state index in [0.29, 0.717) is 24.1 Å². The summed E-state index contributed by atoms with van der Waals surface area (Å²) >= 11 is 3.64. The lowest BCUT2D eigenvalue weighted by Gasteiger charge is -2.28. The summed E-state index contributed by atoms with van der Waals surface area (Å²) in [5.41, 5.74) is 2.38. The van der Waals surface area contributed by atoms with Crippen molar-refractivity contribution in [1.82, 2.24) is 0 Å². The van der Waals surface area contributed by atoms with Crippen molar-refractivity contribution in [2.24, 2.45) is 15.9 Å². The molecule has 2 atom stereocenters. The molecule has 0 radical (unpaired) electrons. The first kappa shape index (κ1) is 18.2. The van der Waals surface area contributed by atoms with Crippen molar-refractivity contribution in [3.8, 4) is 5.75 Å². The van der Waals surface area contributed by atoms with Crippen molar-refractivity contribution in [3.63, 3.8) is 0 Å². The summed E-state index contributed by atoms with van der Waals surface area (Å²) in [4.78, 5) is 9.54. The van der Waals surface area contributed by atoms with E-state index in [1.165, 1.54) is 5.56 Å². The van der Waals surface area contributed by atoms with Crippen LogP contribution in [0.25, 0.3) is 0 Å². The third-order valence-electron chi connectivity index (χ3n) is 4.65. The molecule has 0 fully saturated rings. The predicted octanol–water partition coefficient (Wildman–Crippen LogP) is 3.81. The van der Waals surface area contributed by atoms with Crippen LogP contribution in [0.3, 0.4) is 0 Å². The van der Waals surface area contributed by atoms with E-state index in [4.69, 9.17) is 24.2 Å². The molecule has 3 rings (SSSR count). The molecule has 0 saturated carbocycles. The Morgan fingerprint density at radius 1 is 1.20 bits per heavy atom. The van der Waals surface area contributed by atoms with E-state index in [2.05, 4.69) is 41.9 Å². The van der Waals surface area contributed by atoms with Crippen molar-refractivity contribution in [3.05, 3.63) is 27.7 Å². The third kappa shape index (κ3) is 3.68. The summed E-state index contributed by atoms with van der Waals surface area (Å²) < 4.78 is 18.1. The van der Waals surface area contributed by atoms with Gasteiger partial charge in [-0.05, 0) is 30.4 Å². The van der Waals surface area contributed by atoms with Crippen molar-refractivity contribution in [2.45, 2.75) is 45.2 Å². The predicted molar refractivity (Wildman–Crippen MR) is 103 cm³/mol. The molecule has 2 aliphatic heterocycles. The second-order valence-corrected chi connectivity index (χ2v) is 7.57. The standard InChI is InChI=1S/C19H25BrN2O3/c1-11(2)16-19(24-4)21-15(18(22-16)23-3)10-12-7-8-14(20)13-6-5-9-25-17(12)13/h7-8,11,15-16H,5-6,9-10H2,1-4H3/t15-,16+/m0/s1. The molecule has 0 amide bonds. The normalized spacial score (nSPS) is 22.6. The second kappa shape index (κ2) is 7.77. The zero-order chi connectivity index (χ0) is 18.0. The number of nitrogens with zero attached hydrogens (tertiary/aromatic N) is 2. The van der Waals surface area contributed by atoms with Crippen LogP contribution in [-0.4, -0.2) is 44.7 Å². The van der Waals surface area contributed by atoms with Gasteiger partial charge in [0.2, 0.25) is 11.8 Å². The molecular weight excluding hydrogens is 384 g/mol. The maximum absolute atomic E-state index is 5.97. The molecule has 0 aromatic heterocycles. The van der Waals surface area contributed by atoms with Crippen LogP contribution in [-0.2, 0) is 22.3 Å². The molecule has 6 heteroatoms. The third-order valence-corrected chi connectivity index (χ3v) is 5.40. The first-order valence-corrected chi connectivity index (χ1v) is 9.50. The Morgan fingerprint density at radius 2 is 1.96 bits per heavy atom. The lowest BCUT2D eigenvalue weighted by molar-refractivity contribution is 0.283. The van der Waals surface area contributed by atoms with Gasteiger partial charge in [-0.1, -0.05) is 35.8 Å². The van der Waals surface area contributed by atoms with Crippen molar-refractivity contribution < 1.29 is 14.2 Å². The molecule has 1 aromatic rings. The zero-order valence-electron chi connectivity index (χ0n) is 15.2. The van der Waals surface area contributed by atoms with Gasteiger partial charge in [-0.15, -0.1) is 0 Å². The van der Waals surface area contributed by atoms with Crippen LogP contribution in [0.5, 0.6) is 5.75 Å². The zero-order valence-corrected chi connectivity index (χ0v) is 16.8. The number of halogens is 1. The molecule has 0 bridgehead atoms. The van der Waals surface area contributed by atoms with Gasteiger partial charge in [-0.3, -0.25) is 0 Å². The van der Waals surface area contributed by atoms with Crippen LogP contribution in [0.4, 0.5) is 0 Å². The van der Waals surface area contributed by atoms with Crippen molar-refractivity contribution in [2.75, 3.05) is 20.8 Å². The fourth-order valence-electron chi connectivity index (χ4n) is 3.35. The highest BCUT2D eigenvalue weighted by Gasteiger charge is 2.32. The Kier molecular flexibility index (Phi) is 5.67. The highest BCUT2D eigenvalue weighted by atomic mass is 79.9. The van der Waals surface area contributed by atoms with E-state index in [-0.39, 0.29) is 12.1 Å². The van der Waals surface area contributed by atoms with Gasteiger partial charge in [-0.25, -0.2) is 9.98 Å². The highest BCUT2D eigenvalue weighted by molar-refractivity contribution is 9.10. The van der Waals surface area contributed by atoms with Gasteiger partial charge in [0, 0.05) is 16.5 Å². The lowest BCUT2D eigenvalue weighted by Crippen LogP contribution is -2.38. The van der Waals surface area contributed by atoms with Gasteiger partial charge in [-0.2, -0.15) is 0 Å². The van der Waals surface area contributed by atoms with Crippen LogP contribution >= 0.6 is 15.9 Å². The number of ether oxygens (including phenoxy) is 3. The summed E-state index contributed by atoms with van der Waals surface area (Å²) in [6, 6.07) is 3.91.